The number of thioether (sulfide) groups is 1. The van der Waals surface area contributed by atoms with Crippen molar-refractivity contribution in [1.29, 1.82) is 0 Å². The Morgan fingerprint density at radius 1 is 1.29 bits per heavy atom. The Morgan fingerprint density at radius 3 is 2.29 bits per heavy atom. The molecule has 0 aliphatic carbocycles. The lowest BCUT2D eigenvalue weighted by molar-refractivity contribution is 0.268. The van der Waals surface area contributed by atoms with Crippen LogP contribution < -0.4 is 5.32 Å². The van der Waals surface area contributed by atoms with E-state index in [4.69, 9.17) is 0 Å². The number of nitrogens with one attached hydrogen (secondary N) is 1. The minimum Gasteiger partial charge on any atom is -0.360 e. The van der Waals surface area contributed by atoms with Crippen molar-refractivity contribution in [2.75, 3.05) is 6.54 Å². The van der Waals surface area contributed by atoms with Crippen LogP contribution in [0, 0.1) is 11.3 Å². The van der Waals surface area contributed by atoms with E-state index in [1.165, 1.54) is 0 Å². The first-order valence-electron chi connectivity index (χ1n) is 6.58. The summed E-state index contributed by atoms with van der Waals surface area (Å²) in [4.78, 5) is 4.62. The van der Waals surface area contributed by atoms with Crippen LogP contribution in [-0.2, 0) is 0 Å². The summed E-state index contributed by atoms with van der Waals surface area (Å²) in [6.45, 7) is 16.9. The average molecular weight is 256 g/mol. The molecule has 17 heavy (non-hydrogen) atoms. The van der Waals surface area contributed by atoms with Crippen molar-refractivity contribution in [2.45, 2.75) is 65.7 Å². The van der Waals surface area contributed by atoms with Crippen LogP contribution in [0.2, 0.25) is 0 Å². The fraction of sp³-hybridized carbons (Fsp3) is 0.929. The molecule has 0 amide bonds. The highest BCUT2D eigenvalue weighted by molar-refractivity contribution is 8.14. The van der Waals surface area contributed by atoms with Crippen LogP contribution in [0.25, 0.3) is 0 Å². The maximum Gasteiger partial charge on any atom is 0.157 e. The second-order valence-corrected chi connectivity index (χ2v) is 8.52. The van der Waals surface area contributed by atoms with Crippen LogP contribution in [0.5, 0.6) is 0 Å². The number of rotatable bonds is 3. The Kier molecular flexibility index (Phi) is 4.56. The Morgan fingerprint density at radius 2 is 1.88 bits per heavy atom. The molecular formula is C14H28N2S. The van der Waals surface area contributed by atoms with Crippen molar-refractivity contribution >= 4 is 16.9 Å². The molecule has 1 unspecified atom stereocenters. The summed E-state index contributed by atoms with van der Waals surface area (Å²) in [5.74, 6) is 0.703. The summed E-state index contributed by atoms with van der Waals surface area (Å²) < 4.78 is 0. The van der Waals surface area contributed by atoms with Gasteiger partial charge >= 0.3 is 0 Å². The zero-order valence-corrected chi connectivity index (χ0v) is 13.2. The zero-order valence-electron chi connectivity index (χ0n) is 12.4. The minimum atomic E-state index is 0.121. The van der Waals surface area contributed by atoms with Crippen LogP contribution in [0.1, 0.15) is 54.9 Å². The van der Waals surface area contributed by atoms with E-state index in [0.29, 0.717) is 16.6 Å². The lowest BCUT2D eigenvalue weighted by atomic mass is 9.82. The van der Waals surface area contributed by atoms with Gasteiger partial charge in [0, 0.05) is 10.8 Å². The minimum absolute atomic E-state index is 0.121. The van der Waals surface area contributed by atoms with Crippen molar-refractivity contribution in [3.63, 3.8) is 0 Å². The molecule has 0 saturated heterocycles. The zero-order chi connectivity index (χ0) is 13.3. The van der Waals surface area contributed by atoms with E-state index in [1.807, 2.05) is 11.8 Å². The van der Waals surface area contributed by atoms with Crippen LogP contribution in [0.3, 0.4) is 0 Å². The molecule has 0 saturated carbocycles. The molecule has 2 nitrogen and oxygen atoms in total. The molecule has 0 spiro atoms. The van der Waals surface area contributed by atoms with E-state index < -0.39 is 0 Å². The van der Waals surface area contributed by atoms with Crippen molar-refractivity contribution in [3.05, 3.63) is 0 Å². The van der Waals surface area contributed by atoms with Crippen molar-refractivity contribution in [2.24, 2.45) is 16.3 Å². The molecule has 0 radical (unpaired) electrons. The van der Waals surface area contributed by atoms with Gasteiger partial charge in [-0.15, -0.1) is 0 Å². The molecule has 0 aromatic heterocycles. The van der Waals surface area contributed by atoms with Crippen LogP contribution in [0.4, 0.5) is 0 Å². The maximum absolute atomic E-state index is 4.62. The fourth-order valence-corrected chi connectivity index (χ4v) is 3.66. The Hall–Kier alpha value is -0.180. The Balaban J connectivity index is 2.50. The third kappa shape index (κ3) is 5.33. The highest BCUT2D eigenvalue weighted by atomic mass is 32.2. The van der Waals surface area contributed by atoms with Gasteiger partial charge in [0.15, 0.2) is 5.17 Å². The average Bonchev–Trinajstić information content (AvgIpc) is 2.46. The van der Waals surface area contributed by atoms with Gasteiger partial charge < -0.3 is 5.32 Å². The van der Waals surface area contributed by atoms with E-state index in [-0.39, 0.29) is 5.54 Å². The van der Waals surface area contributed by atoms with Gasteiger partial charge in [-0.2, -0.15) is 0 Å². The summed E-state index contributed by atoms with van der Waals surface area (Å²) in [7, 11) is 0. The molecule has 0 aromatic rings. The summed E-state index contributed by atoms with van der Waals surface area (Å²) in [5, 5.41) is 5.40. The fourth-order valence-electron chi connectivity index (χ4n) is 2.47. The van der Waals surface area contributed by atoms with E-state index in [2.05, 4.69) is 58.8 Å². The van der Waals surface area contributed by atoms with Gasteiger partial charge in [0.05, 0.1) is 6.54 Å². The number of aliphatic imine (C=N–C) groups is 1. The molecule has 1 N–H and O–H groups in total. The maximum atomic E-state index is 4.62. The van der Waals surface area contributed by atoms with Gasteiger partial charge in [0.1, 0.15) is 0 Å². The van der Waals surface area contributed by atoms with Gasteiger partial charge in [-0.3, -0.25) is 4.99 Å². The highest BCUT2D eigenvalue weighted by Crippen LogP contribution is 2.30. The predicted molar refractivity (Wildman–Crippen MR) is 79.8 cm³/mol. The molecule has 1 heterocycles. The first-order chi connectivity index (χ1) is 7.59. The molecular weight excluding hydrogens is 228 g/mol. The summed E-state index contributed by atoms with van der Waals surface area (Å²) in [6.07, 6.45) is 1.14. The summed E-state index contributed by atoms with van der Waals surface area (Å²) in [5.41, 5.74) is 0.466. The molecule has 1 rings (SSSR count). The lowest BCUT2D eigenvalue weighted by Crippen LogP contribution is -2.44. The second kappa shape index (κ2) is 5.21. The van der Waals surface area contributed by atoms with Gasteiger partial charge in [0.25, 0.3) is 0 Å². The molecule has 1 aliphatic rings. The molecule has 3 heteroatoms. The lowest BCUT2D eigenvalue weighted by Gasteiger charge is -2.34. The smallest absolute Gasteiger partial charge is 0.157 e. The quantitative estimate of drug-likeness (QED) is 0.827. The van der Waals surface area contributed by atoms with Crippen molar-refractivity contribution in [1.82, 2.24) is 5.32 Å². The summed E-state index contributed by atoms with van der Waals surface area (Å²) in [6, 6.07) is 0. The number of hydrogen-bond acceptors (Lipinski definition) is 3. The molecule has 0 aromatic carbocycles. The number of nitrogens with zero attached hydrogens (tertiary/aromatic N) is 1. The van der Waals surface area contributed by atoms with Gasteiger partial charge in [-0.1, -0.05) is 46.4 Å². The number of amidine groups is 1. The SMILES string of the molecule is CC(C)C1CN=C(NC(C)(C)CC(C)(C)C)S1. The second-order valence-electron chi connectivity index (χ2n) is 7.29. The normalized spacial score (nSPS) is 21.9. The van der Waals surface area contributed by atoms with Crippen LogP contribution >= 0.6 is 11.8 Å². The topological polar surface area (TPSA) is 24.4 Å². The van der Waals surface area contributed by atoms with E-state index in [0.717, 1.165) is 18.1 Å². The number of hydrogen-bond donors (Lipinski definition) is 1. The standard InChI is InChI=1S/C14H28N2S/c1-10(2)11-8-15-12(17-11)16-14(6,7)9-13(3,4)5/h10-11H,8-9H2,1-7H3,(H,15,16). The largest absolute Gasteiger partial charge is 0.360 e. The van der Waals surface area contributed by atoms with Crippen LogP contribution in [-0.4, -0.2) is 22.5 Å². The van der Waals surface area contributed by atoms with Gasteiger partial charge in [-0.25, -0.2) is 0 Å². The van der Waals surface area contributed by atoms with Crippen molar-refractivity contribution < 1.29 is 0 Å². The molecule has 1 aliphatic heterocycles. The Bertz CT molecular complexity index is 287. The predicted octanol–water partition coefficient (Wildman–Crippen LogP) is 3.92. The highest BCUT2D eigenvalue weighted by Gasteiger charge is 2.29. The Labute approximate surface area is 111 Å². The van der Waals surface area contributed by atoms with E-state index in [1.54, 1.807) is 0 Å². The van der Waals surface area contributed by atoms with E-state index in [9.17, 15) is 0 Å². The summed E-state index contributed by atoms with van der Waals surface area (Å²) >= 11 is 1.91. The van der Waals surface area contributed by atoms with E-state index >= 15 is 0 Å². The molecule has 1 atom stereocenters. The van der Waals surface area contributed by atoms with Crippen molar-refractivity contribution in [3.8, 4) is 0 Å². The van der Waals surface area contributed by atoms with Gasteiger partial charge in [0.2, 0.25) is 0 Å². The van der Waals surface area contributed by atoms with Crippen LogP contribution in [0.15, 0.2) is 4.99 Å². The van der Waals surface area contributed by atoms with Gasteiger partial charge in [-0.05, 0) is 31.6 Å². The molecule has 0 fully saturated rings. The molecule has 100 valence electrons. The first-order valence-corrected chi connectivity index (χ1v) is 7.46. The third-order valence-electron chi connectivity index (χ3n) is 2.84. The molecule has 0 bridgehead atoms. The monoisotopic (exact) mass is 256 g/mol. The third-order valence-corrected chi connectivity index (χ3v) is 4.29. The first kappa shape index (κ1) is 14.9.